The summed E-state index contributed by atoms with van der Waals surface area (Å²) in [6.07, 6.45) is 2.96. The molecule has 3 N–H and O–H groups in total. The highest BCUT2D eigenvalue weighted by Gasteiger charge is 2.13. The molecule has 0 fully saturated rings. The lowest BCUT2D eigenvalue weighted by molar-refractivity contribution is 0.353. The van der Waals surface area contributed by atoms with E-state index >= 15 is 0 Å². The molecule has 0 aromatic heterocycles. The number of nitrogens with two attached hydrogens (primary N) is 1. The highest BCUT2D eigenvalue weighted by molar-refractivity contribution is 5.88. The van der Waals surface area contributed by atoms with Gasteiger partial charge in [-0.2, -0.15) is 0 Å². The van der Waals surface area contributed by atoms with Gasteiger partial charge in [-0.15, -0.1) is 0 Å². The first-order valence-electron chi connectivity index (χ1n) is 10.00. The van der Waals surface area contributed by atoms with Crippen molar-refractivity contribution in [3.05, 3.63) is 71.8 Å². The minimum Gasteiger partial charge on any atom is -0.325 e. The van der Waals surface area contributed by atoms with Gasteiger partial charge in [0, 0.05) is 24.7 Å². The number of hydrogen-bond donors (Lipinski definition) is 2. The van der Waals surface area contributed by atoms with Gasteiger partial charge in [-0.1, -0.05) is 81.4 Å². The van der Waals surface area contributed by atoms with Crippen molar-refractivity contribution < 1.29 is 0 Å². The van der Waals surface area contributed by atoms with Gasteiger partial charge in [-0.05, 0) is 35.9 Å². The van der Waals surface area contributed by atoms with E-state index < -0.39 is 0 Å². The summed E-state index contributed by atoms with van der Waals surface area (Å²) in [5.74, 6) is 0. The summed E-state index contributed by atoms with van der Waals surface area (Å²) >= 11 is 0. The van der Waals surface area contributed by atoms with Crippen molar-refractivity contribution in [2.45, 2.75) is 46.1 Å². The summed E-state index contributed by atoms with van der Waals surface area (Å²) in [5, 5.41) is 3.72. The van der Waals surface area contributed by atoms with Gasteiger partial charge in [0.15, 0.2) is 0 Å². The fourth-order valence-electron chi connectivity index (χ4n) is 3.01. The van der Waals surface area contributed by atoms with Crippen LogP contribution in [0.4, 0.5) is 0 Å². The number of nitrogens with one attached hydrogen (secondary N) is 1. The third kappa shape index (κ3) is 8.98. The van der Waals surface area contributed by atoms with Crippen LogP contribution in [0.2, 0.25) is 0 Å². The average molecular weight is 366 g/mol. The van der Waals surface area contributed by atoms with Crippen LogP contribution in [0.25, 0.3) is 0 Å². The predicted molar refractivity (Wildman–Crippen MR) is 118 cm³/mol. The molecule has 0 amide bonds. The van der Waals surface area contributed by atoms with Gasteiger partial charge in [-0.25, -0.2) is 0 Å². The molecule has 0 aliphatic carbocycles. The van der Waals surface area contributed by atoms with Crippen molar-refractivity contribution in [3.8, 4) is 0 Å². The molecule has 0 aliphatic heterocycles. The normalized spacial score (nSPS) is 13.6. The highest BCUT2D eigenvalue weighted by atomic mass is 14.9. The van der Waals surface area contributed by atoms with E-state index in [0.29, 0.717) is 18.0 Å². The fraction of sp³-hybridized carbons (Fsp3) is 0.458. The molecule has 27 heavy (non-hydrogen) atoms. The Bertz CT molecular complexity index is 672. The van der Waals surface area contributed by atoms with Crippen LogP contribution in [0, 0.1) is 5.41 Å². The van der Waals surface area contributed by atoms with Crippen molar-refractivity contribution >= 4 is 5.71 Å². The van der Waals surface area contributed by atoms with Crippen LogP contribution in [0.15, 0.2) is 65.7 Å². The van der Waals surface area contributed by atoms with E-state index in [1.54, 1.807) is 0 Å². The molecule has 2 rings (SSSR count). The van der Waals surface area contributed by atoms with E-state index in [1.807, 2.05) is 6.07 Å². The molecule has 2 aromatic carbocycles. The smallest absolute Gasteiger partial charge is 0.0546 e. The monoisotopic (exact) mass is 365 g/mol. The minimum absolute atomic E-state index is 0.326. The van der Waals surface area contributed by atoms with Crippen molar-refractivity contribution in [3.63, 3.8) is 0 Å². The zero-order valence-electron chi connectivity index (χ0n) is 17.1. The zero-order valence-corrected chi connectivity index (χ0v) is 17.1. The number of rotatable bonds is 10. The first-order chi connectivity index (χ1) is 13.0. The Labute approximate surface area is 165 Å². The van der Waals surface area contributed by atoms with Gasteiger partial charge in [0.2, 0.25) is 0 Å². The second-order valence-corrected chi connectivity index (χ2v) is 8.42. The quantitative estimate of drug-likeness (QED) is 0.618. The summed E-state index contributed by atoms with van der Waals surface area (Å²) in [6.45, 7) is 9.13. The van der Waals surface area contributed by atoms with E-state index in [0.717, 1.165) is 38.1 Å². The Morgan fingerprint density at radius 1 is 0.963 bits per heavy atom. The summed E-state index contributed by atoms with van der Waals surface area (Å²) in [5.41, 5.74) is 9.98. The Morgan fingerprint density at radius 3 is 2.11 bits per heavy atom. The Kier molecular flexibility index (Phi) is 8.70. The molecular weight excluding hydrogens is 330 g/mol. The van der Waals surface area contributed by atoms with Crippen molar-refractivity contribution in [2.75, 3.05) is 19.6 Å². The van der Waals surface area contributed by atoms with Crippen molar-refractivity contribution in [1.29, 1.82) is 0 Å². The van der Waals surface area contributed by atoms with Crippen LogP contribution in [0.3, 0.4) is 0 Å². The minimum atomic E-state index is 0.326. The largest absolute Gasteiger partial charge is 0.325 e. The molecule has 0 heterocycles. The van der Waals surface area contributed by atoms with Gasteiger partial charge in [0.1, 0.15) is 0 Å². The maximum absolute atomic E-state index is 5.97. The van der Waals surface area contributed by atoms with Crippen LogP contribution in [0.5, 0.6) is 0 Å². The van der Waals surface area contributed by atoms with E-state index in [1.165, 1.54) is 11.1 Å². The lowest BCUT2D eigenvalue weighted by Crippen LogP contribution is -2.36. The lowest BCUT2D eigenvalue weighted by atomic mass is 9.92. The summed E-state index contributed by atoms with van der Waals surface area (Å²) < 4.78 is 0. The maximum Gasteiger partial charge on any atom is 0.0546 e. The van der Waals surface area contributed by atoms with E-state index in [9.17, 15) is 0 Å². The first kappa shape index (κ1) is 21.3. The molecule has 146 valence electrons. The molecule has 0 radical (unpaired) electrons. The van der Waals surface area contributed by atoms with Crippen molar-refractivity contribution in [2.24, 2.45) is 16.1 Å². The molecule has 1 atom stereocenters. The molecule has 0 bridgehead atoms. The third-order valence-corrected chi connectivity index (χ3v) is 4.65. The Morgan fingerprint density at radius 2 is 1.56 bits per heavy atom. The van der Waals surface area contributed by atoms with E-state index in [2.05, 4.69) is 80.7 Å². The average Bonchev–Trinajstić information content (AvgIpc) is 2.65. The predicted octanol–water partition coefficient (Wildman–Crippen LogP) is 4.27. The van der Waals surface area contributed by atoms with Crippen LogP contribution in [0.1, 0.15) is 38.3 Å². The molecule has 0 spiro atoms. The highest BCUT2D eigenvalue weighted by Crippen LogP contribution is 2.17. The van der Waals surface area contributed by atoms with E-state index in [-0.39, 0.29) is 0 Å². The molecule has 3 heteroatoms. The molecule has 0 saturated carbocycles. The number of aliphatic imine (C=N–C) groups is 1. The SMILES string of the molecule is CC(C)(C)CCN[C@H](CN=C(CN)Cc1ccccc1)Cc1ccccc1. The Hall–Kier alpha value is -1.97. The second kappa shape index (κ2) is 11.0. The Balaban J connectivity index is 1.99. The first-order valence-corrected chi connectivity index (χ1v) is 10.00. The van der Waals surface area contributed by atoms with Gasteiger partial charge in [0.05, 0.1) is 6.54 Å². The zero-order chi connectivity index (χ0) is 19.5. The number of nitrogens with zero attached hydrogens (tertiary/aromatic N) is 1. The summed E-state index contributed by atoms with van der Waals surface area (Å²) in [7, 11) is 0. The van der Waals surface area contributed by atoms with Gasteiger partial charge in [0.25, 0.3) is 0 Å². The standard InChI is InChI=1S/C24H35N3/c1-24(2,3)14-15-26-23(17-21-12-8-5-9-13-21)19-27-22(18-25)16-20-10-6-4-7-11-20/h4-13,23,26H,14-19,25H2,1-3H3/t23-/m0/s1. The molecule has 3 nitrogen and oxygen atoms in total. The topological polar surface area (TPSA) is 50.4 Å². The van der Waals surface area contributed by atoms with Crippen LogP contribution < -0.4 is 11.1 Å². The van der Waals surface area contributed by atoms with Crippen LogP contribution >= 0.6 is 0 Å². The third-order valence-electron chi connectivity index (χ3n) is 4.65. The maximum atomic E-state index is 5.97. The fourth-order valence-corrected chi connectivity index (χ4v) is 3.01. The van der Waals surface area contributed by atoms with E-state index in [4.69, 9.17) is 10.7 Å². The molecule has 0 aliphatic rings. The molecule has 0 unspecified atom stereocenters. The molecule has 2 aromatic rings. The number of hydrogen-bond acceptors (Lipinski definition) is 3. The summed E-state index contributed by atoms with van der Waals surface area (Å²) in [6, 6.07) is 21.4. The van der Waals surface area contributed by atoms with Gasteiger partial charge < -0.3 is 11.1 Å². The van der Waals surface area contributed by atoms with Crippen LogP contribution in [-0.2, 0) is 12.8 Å². The van der Waals surface area contributed by atoms with Gasteiger partial charge in [-0.3, -0.25) is 4.99 Å². The number of benzene rings is 2. The molecule has 0 saturated heterocycles. The molecular formula is C24H35N3. The van der Waals surface area contributed by atoms with Gasteiger partial charge >= 0.3 is 0 Å². The van der Waals surface area contributed by atoms with Crippen molar-refractivity contribution in [1.82, 2.24) is 5.32 Å². The summed E-state index contributed by atoms with van der Waals surface area (Å²) in [4.78, 5) is 4.88. The second-order valence-electron chi connectivity index (χ2n) is 8.42. The lowest BCUT2D eigenvalue weighted by Gasteiger charge is -2.22. The van der Waals surface area contributed by atoms with Crippen LogP contribution in [-0.4, -0.2) is 31.4 Å².